The molecule has 224 valence electrons. The van der Waals surface area contributed by atoms with E-state index in [1.54, 1.807) is 6.92 Å². The second kappa shape index (κ2) is 15.3. The van der Waals surface area contributed by atoms with Gasteiger partial charge in [0.1, 0.15) is 23.7 Å². The van der Waals surface area contributed by atoms with E-state index in [4.69, 9.17) is 4.74 Å². The summed E-state index contributed by atoms with van der Waals surface area (Å²) in [6.07, 6.45) is 1.59. The molecule has 0 aromatic heterocycles. The van der Waals surface area contributed by atoms with Crippen molar-refractivity contribution in [2.24, 2.45) is 23.7 Å². The SMILES string of the molecule is CC(=O)N[C@@H](CC(C)C)C(=O)N[C@@H](CC(C)C)C(=O)N[C@@H](CC(C)C)C(=O)N[C@@H](CC(C)C)C(=O)C1(C)CO1. The monoisotopic (exact) mass is 552 g/mol. The molecule has 39 heavy (non-hydrogen) atoms. The Morgan fingerprint density at radius 1 is 0.590 bits per heavy atom. The van der Waals surface area contributed by atoms with Crippen molar-refractivity contribution in [1.82, 2.24) is 21.3 Å². The molecule has 1 aliphatic heterocycles. The normalized spacial score (nSPS) is 19.8. The van der Waals surface area contributed by atoms with Crippen LogP contribution < -0.4 is 21.3 Å². The molecule has 0 aromatic carbocycles. The van der Waals surface area contributed by atoms with Gasteiger partial charge in [-0.15, -0.1) is 0 Å². The summed E-state index contributed by atoms with van der Waals surface area (Å²) >= 11 is 0. The standard InChI is InChI=1S/C29H52N4O6/c1-16(2)11-21(25(35)29(10)15-39-29)31-27(37)23(13-18(5)6)33-28(38)24(14-19(7)8)32-26(36)22(12-17(3)4)30-20(9)34/h16-19,21-24H,11-15H2,1-10H3,(H,30,34)(H,31,37)(H,32,36)(H,33,38)/t21-,22-,23-,24-,29?/m0/s1. The number of amides is 4. The predicted octanol–water partition coefficient (Wildman–Crippen LogP) is 2.49. The molecule has 1 fully saturated rings. The summed E-state index contributed by atoms with van der Waals surface area (Å²) in [6, 6.07) is -3.28. The van der Waals surface area contributed by atoms with Crippen molar-refractivity contribution in [2.75, 3.05) is 6.61 Å². The second-order valence-corrected chi connectivity index (χ2v) is 12.8. The minimum atomic E-state index is -0.893. The lowest BCUT2D eigenvalue weighted by Gasteiger charge is -2.28. The number of epoxide rings is 1. The third-order valence-electron chi connectivity index (χ3n) is 6.52. The van der Waals surface area contributed by atoms with Crippen LogP contribution in [0.2, 0.25) is 0 Å². The van der Waals surface area contributed by atoms with Gasteiger partial charge in [-0.2, -0.15) is 0 Å². The Kier molecular flexibility index (Phi) is 13.6. The van der Waals surface area contributed by atoms with E-state index in [1.807, 2.05) is 55.4 Å². The van der Waals surface area contributed by atoms with Gasteiger partial charge < -0.3 is 26.0 Å². The molecule has 0 aromatic rings. The Bertz CT molecular complexity index is 866. The summed E-state index contributed by atoms with van der Waals surface area (Å²) in [7, 11) is 0. The van der Waals surface area contributed by atoms with Gasteiger partial charge in [0.15, 0.2) is 5.78 Å². The molecule has 10 heteroatoms. The number of ether oxygens (including phenoxy) is 1. The van der Waals surface area contributed by atoms with E-state index < -0.39 is 47.5 Å². The van der Waals surface area contributed by atoms with Crippen LogP contribution in [-0.4, -0.2) is 65.8 Å². The van der Waals surface area contributed by atoms with Crippen LogP contribution in [0.4, 0.5) is 0 Å². The van der Waals surface area contributed by atoms with Gasteiger partial charge >= 0.3 is 0 Å². The molecule has 1 rings (SSSR count). The van der Waals surface area contributed by atoms with Crippen molar-refractivity contribution in [3.63, 3.8) is 0 Å². The molecular weight excluding hydrogens is 500 g/mol. The summed E-state index contributed by atoms with van der Waals surface area (Å²) in [4.78, 5) is 64.7. The van der Waals surface area contributed by atoms with Crippen LogP contribution in [0.5, 0.6) is 0 Å². The summed E-state index contributed by atoms with van der Waals surface area (Å²) in [5, 5.41) is 11.2. The van der Waals surface area contributed by atoms with Gasteiger partial charge in [0.2, 0.25) is 23.6 Å². The maximum absolute atomic E-state index is 13.5. The van der Waals surface area contributed by atoms with E-state index >= 15 is 0 Å². The number of Topliss-reactive ketones (excluding diaryl/α,β-unsaturated/α-hetero) is 1. The summed E-state index contributed by atoms with van der Waals surface area (Å²) in [5.74, 6) is -1.39. The molecule has 0 bridgehead atoms. The van der Waals surface area contributed by atoms with E-state index in [0.717, 1.165) is 0 Å². The van der Waals surface area contributed by atoms with Gasteiger partial charge in [-0.1, -0.05) is 55.4 Å². The molecule has 0 aliphatic carbocycles. The van der Waals surface area contributed by atoms with Crippen LogP contribution in [0, 0.1) is 23.7 Å². The smallest absolute Gasteiger partial charge is 0.243 e. The number of carbonyl (C=O) groups excluding carboxylic acids is 5. The van der Waals surface area contributed by atoms with Crippen LogP contribution >= 0.6 is 0 Å². The first-order chi connectivity index (χ1) is 17.9. The lowest BCUT2D eigenvalue weighted by molar-refractivity contribution is -0.135. The maximum Gasteiger partial charge on any atom is 0.243 e. The average molecular weight is 553 g/mol. The molecule has 4 amide bonds. The lowest BCUT2D eigenvalue weighted by atomic mass is 9.92. The molecule has 1 aliphatic rings. The number of hydrogen-bond donors (Lipinski definition) is 4. The van der Waals surface area contributed by atoms with E-state index in [1.165, 1.54) is 6.92 Å². The molecule has 0 radical (unpaired) electrons. The first kappa shape index (κ1) is 34.5. The van der Waals surface area contributed by atoms with Crippen LogP contribution in [0.15, 0.2) is 0 Å². The first-order valence-electron chi connectivity index (χ1n) is 14.3. The van der Waals surface area contributed by atoms with Gasteiger partial charge in [0.05, 0.1) is 12.6 Å². The Balaban J connectivity index is 3.10. The number of nitrogens with one attached hydrogen (secondary N) is 4. The molecule has 1 unspecified atom stereocenters. The maximum atomic E-state index is 13.5. The summed E-state index contributed by atoms with van der Waals surface area (Å²) in [6.45, 7) is 19.0. The molecule has 10 nitrogen and oxygen atoms in total. The van der Waals surface area contributed by atoms with Crippen molar-refractivity contribution < 1.29 is 28.7 Å². The number of carbonyl (C=O) groups is 5. The highest BCUT2D eigenvalue weighted by molar-refractivity contribution is 5.98. The van der Waals surface area contributed by atoms with Crippen molar-refractivity contribution in [3.05, 3.63) is 0 Å². The molecule has 1 heterocycles. The molecule has 0 saturated carbocycles. The molecule has 4 N–H and O–H groups in total. The predicted molar refractivity (Wildman–Crippen MR) is 151 cm³/mol. The van der Waals surface area contributed by atoms with Gasteiger partial charge in [-0.05, 0) is 56.3 Å². The Morgan fingerprint density at radius 3 is 1.15 bits per heavy atom. The molecule has 1 saturated heterocycles. The van der Waals surface area contributed by atoms with E-state index in [0.29, 0.717) is 32.3 Å². The highest BCUT2D eigenvalue weighted by atomic mass is 16.6. The zero-order valence-electron chi connectivity index (χ0n) is 25.6. The second-order valence-electron chi connectivity index (χ2n) is 12.8. The molecular formula is C29H52N4O6. The third kappa shape index (κ3) is 12.5. The Morgan fingerprint density at radius 2 is 0.872 bits per heavy atom. The highest BCUT2D eigenvalue weighted by Crippen LogP contribution is 2.29. The zero-order chi connectivity index (χ0) is 30.1. The van der Waals surface area contributed by atoms with Crippen LogP contribution in [-0.2, 0) is 28.7 Å². The van der Waals surface area contributed by atoms with Crippen molar-refractivity contribution >= 4 is 29.4 Å². The number of rotatable bonds is 17. The fraction of sp³-hybridized carbons (Fsp3) is 0.828. The summed E-state index contributed by atoms with van der Waals surface area (Å²) in [5.41, 5.74) is -0.878. The zero-order valence-corrected chi connectivity index (χ0v) is 25.6. The quantitative estimate of drug-likeness (QED) is 0.204. The van der Waals surface area contributed by atoms with Crippen LogP contribution in [0.25, 0.3) is 0 Å². The van der Waals surface area contributed by atoms with Crippen molar-refractivity contribution in [3.8, 4) is 0 Å². The fourth-order valence-electron chi connectivity index (χ4n) is 4.49. The van der Waals surface area contributed by atoms with Gasteiger partial charge in [-0.3, -0.25) is 24.0 Å². The van der Waals surface area contributed by atoms with Crippen molar-refractivity contribution in [1.29, 1.82) is 0 Å². The average Bonchev–Trinajstić information content (AvgIpc) is 3.53. The van der Waals surface area contributed by atoms with E-state index in [2.05, 4.69) is 21.3 Å². The van der Waals surface area contributed by atoms with Gasteiger partial charge in [-0.25, -0.2) is 0 Å². The highest BCUT2D eigenvalue weighted by Gasteiger charge is 2.50. The fourth-order valence-corrected chi connectivity index (χ4v) is 4.49. The Hall–Kier alpha value is -2.49. The Labute approximate surface area is 234 Å². The van der Waals surface area contributed by atoms with Gasteiger partial charge in [0, 0.05) is 6.92 Å². The minimum absolute atomic E-state index is 0.0788. The summed E-state index contributed by atoms with van der Waals surface area (Å²) < 4.78 is 5.33. The number of ketones is 1. The number of hydrogen-bond acceptors (Lipinski definition) is 6. The molecule has 0 spiro atoms. The lowest BCUT2D eigenvalue weighted by Crippen LogP contribution is -2.58. The topological polar surface area (TPSA) is 146 Å². The van der Waals surface area contributed by atoms with Crippen LogP contribution in [0.3, 0.4) is 0 Å². The third-order valence-corrected chi connectivity index (χ3v) is 6.52. The van der Waals surface area contributed by atoms with E-state index in [9.17, 15) is 24.0 Å². The van der Waals surface area contributed by atoms with E-state index in [-0.39, 0.29) is 35.4 Å². The van der Waals surface area contributed by atoms with Crippen molar-refractivity contribution in [2.45, 2.75) is 125 Å². The van der Waals surface area contributed by atoms with Crippen LogP contribution in [0.1, 0.15) is 94.9 Å². The largest absolute Gasteiger partial charge is 0.361 e. The minimum Gasteiger partial charge on any atom is -0.361 e. The first-order valence-corrected chi connectivity index (χ1v) is 14.3. The molecule has 5 atom stereocenters. The van der Waals surface area contributed by atoms with Gasteiger partial charge in [0.25, 0.3) is 0 Å².